The van der Waals surface area contributed by atoms with Crippen molar-refractivity contribution in [2.45, 2.75) is 19.3 Å². The average Bonchev–Trinajstić information content (AvgIpc) is 2.51. The van der Waals surface area contributed by atoms with Crippen molar-refractivity contribution in [3.8, 4) is 0 Å². The van der Waals surface area contributed by atoms with E-state index in [-0.39, 0.29) is 5.91 Å². The second-order valence-corrected chi connectivity index (χ2v) is 6.15. The lowest BCUT2D eigenvalue weighted by atomic mass is 10.1. The molecule has 1 rings (SSSR count). The van der Waals surface area contributed by atoms with E-state index in [0.29, 0.717) is 29.0 Å². The Morgan fingerprint density at radius 2 is 1.91 bits per heavy atom. The summed E-state index contributed by atoms with van der Waals surface area (Å²) in [5.41, 5.74) is 1.08. The summed E-state index contributed by atoms with van der Waals surface area (Å²) >= 11 is 12.0. The molecule has 0 fully saturated rings. The maximum absolute atomic E-state index is 11.5. The van der Waals surface area contributed by atoms with Gasteiger partial charge in [-0.15, -0.1) is 0 Å². The second kappa shape index (κ2) is 10.3. The molecule has 7 heteroatoms. The van der Waals surface area contributed by atoms with Crippen LogP contribution in [0.25, 0.3) is 0 Å². The van der Waals surface area contributed by atoms with Crippen LogP contribution in [-0.2, 0) is 11.2 Å². The summed E-state index contributed by atoms with van der Waals surface area (Å²) < 4.78 is 0. The van der Waals surface area contributed by atoms with E-state index in [9.17, 15) is 4.79 Å². The fourth-order valence-electron chi connectivity index (χ4n) is 1.94. The number of aryl methyl sites for hydroxylation is 1. The van der Waals surface area contributed by atoms with E-state index in [1.807, 2.05) is 12.1 Å². The number of guanidine groups is 1. The molecule has 0 bridgehead atoms. The summed E-state index contributed by atoms with van der Waals surface area (Å²) in [4.78, 5) is 17.2. The van der Waals surface area contributed by atoms with Gasteiger partial charge in [0.25, 0.3) is 0 Å². The van der Waals surface area contributed by atoms with E-state index in [4.69, 9.17) is 23.2 Å². The molecule has 0 saturated carbocycles. The van der Waals surface area contributed by atoms with E-state index in [1.165, 1.54) is 0 Å². The third kappa shape index (κ3) is 7.57. The van der Waals surface area contributed by atoms with Gasteiger partial charge in [0.1, 0.15) is 0 Å². The van der Waals surface area contributed by atoms with Crippen LogP contribution in [0.5, 0.6) is 0 Å². The zero-order valence-corrected chi connectivity index (χ0v) is 15.3. The van der Waals surface area contributed by atoms with Gasteiger partial charge in [0.05, 0.1) is 0 Å². The summed E-state index contributed by atoms with van der Waals surface area (Å²) in [5, 5.41) is 7.68. The van der Waals surface area contributed by atoms with Crippen molar-refractivity contribution < 1.29 is 4.79 Å². The number of rotatable bonds is 7. The first-order valence-corrected chi connectivity index (χ1v) is 8.28. The van der Waals surface area contributed by atoms with Crippen molar-refractivity contribution in [1.82, 2.24) is 15.5 Å². The number of halogens is 2. The molecule has 1 amide bonds. The number of amides is 1. The highest BCUT2D eigenvalue weighted by Gasteiger charge is 2.05. The Labute approximate surface area is 148 Å². The molecule has 0 aromatic heterocycles. The van der Waals surface area contributed by atoms with Crippen LogP contribution in [-0.4, -0.2) is 51.0 Å². The van der Waals surface area contributed by atoms with Gasteiger partial charge in [0.15, 0.2) is 5.96 Å². The van der Waals surface area contributed by atoms with Gasteiger partial charge in [-0.3, -0.25) is 9.79 Å². The van der Waals surface area contributed by atoms with Gasteiger partial charge in [0.2, 0.25) is 5.91 Å². The zero-order valence-electron chi connectivity index (χ0n) is 13.8. The highest BCUT2D eigenvalue weighted by Crippen LogP contribution is 2.21. The molecule has 0 heterocycles. The first-order valence-electron chi connectivity index (χ1n) is 7.52. The minimum atomic E-state index is 0.0883. The molecule has 0 saturated heterocycles. The fraction of sp³-hybridized carbons (Fsp3) is 0.500. The van der Waals surface area contributed by atoms with Crippen molar-refractivity contribution >= 4 is 35.1 Å². The minimum absolute atomic E-state index is 0.0883. The molecule has 0 spiro atoms. The van der Waals surface area contributed by atoms with E-state index in [2.05, 4.69) is 15.6 Å². The van der Waals surface area contributed by atoms with Gasteiger partial charge in [0, 0.05) is 50.7 Å². The van der Waals surface area contributed by atoms with Gasteiger partial charge < -0.3 is 15.5 Å². The van der Waals surface area contributed by atoms with Crippen LogP contribution >= 0.6 is 23.2 Å². The van der Waals surface area contributed by atoms with E-state index < -0.39 is 0 Å². The summed E-state index contributed by atoms with van der Waals surface area (Å²) in [7, 11) is 5.20. The molecule has 5 nitrogen and oxygen atoms in total. The van der Waals surface area contributed by atoms with Crippen LogP contribution in [0.1, 0.15) is 18.4 Å². The van der Waals surface area contributed by atoms with E-state index in [1.54, 1.807) is 32.1 Å². The molecule has 0 radical (unpaired) electrons. The Balaban J connectivity index is 2.26. The Kier molecular flexibility index (Phi) is 8.81. The lowest BCUT2D eigenvalue weighted by molar-refractivity contribution is -0.128. The predicted molar refractivity (Wildman–Crippen MR) is 97.5 cm³/mol. The number of aliphatic imine (C=N–C) groups is 1. The van der Waals surface area contributed by atoms with Gasteiger partial charge in [-0.05, 0) is 30.5 Å². The van der Waals surface area contributed by atoms with Gasteiger partial charge in [-0.25, -0.2) is 0 Å². The summed E-state index contributed by atoms with van der Waals surface area (Å²) in [5.74, 6) is 0.782. The second-order valence-electron chi connectivity index (χ2n) is 5.30. The summed E-state index contributed by atoms with van der Waals surface area (Å²) in [6, 6.07) is 5.55. The fourth-order valence-corrected chi connectivity index (χ4v) is 2.45. The molecule has 1 aromatic carbocycles. The van der Waals surface area contributed by atoms with Gasteiger partial charge in [-0.1, -0.05) is 29.3 Å². The molecular weight excluding hydrogens is 335 g/mol. The molecular formula is C16H24Cl2N4O. The van der Waals surface area contributed by atoms with Gasteiger partial charge >= 0.3 is 0 Å². The molecule has 23 heavy (non-hydrogen) atoms. The van der Waals surface area contributed by atoms with Crippen molar-refractivity contribution in [3.05, 3.63) is 33.8 Å². The number of hydrogen-bond donors (Lipinski definition) is 2. The number of carbonyl (C=O) groups is 1. The largest absolute Gasteiger partial charge is 0.356 e. The Morgan fingerprint density at radius 3 is 2.52 bits per heavy atom. The van der Waals surface area contributed by atoms with E-state index in [0.717, 1.165) is 24.9 Å². The number of hydrogen-bond acceptors (Lipinski definition) is 2. The molecule has 0 aliphatic rings. The number of carbonyl (C=O) groups excluding carboxylic acids is 1. The summed E-state index contributed by atoms with van der Waals surface area (Å²) in [6.45, 7) is 1.32. The van der Waals surface area contributed by atoms with Gasteiger partial charge in [-0.2, -0.15) is 0 Å². The topological polar surface area (TPSA) is 56.7 Å². The van der Waals surface area contributed by atoms with Crippen molar-refractivity contribution in [3.63, 3.8) is 0 Å². The summed E-state index contributed by atoms with van der Waals surface area (Å²) in [6.07, 6.45) is 2.21. The van der Waals surface area contributed by atoms with Crippen LogP contribution in [0, 0.1) is 0 Å². The van der Waals surface area contributed by atoms with Crippen LogP contribution in [0.3, 0.4) is 0 Å². The molecule has 0 aliphatic carbocycles. The lowest BCUT2D eigenvalue weighted by Crippen LogP contribution is -2.39. The highest BCUT2D eigenvalue weighted by molar-refractivity contribution is 6.35. The number of benzene rings is 1. The molecule has 0 unspecified atom stereocenters. The quantitative estimate of drug-likeness (QED) is 0.447. The first-order chi connectivity index (χ1) is 10.9. The Bertz CT molecular complexity index is 547. The maximum atomic E-state index is 11.5. The Hall–Kier alpha value is -1.46. The predicted octanol–water partition coefficient (Wildman–Crippen LogP) is 2.57. The van der Waals surface area contributed by atoms with Crippen molar-refractivity contribution in [2.24, 2.45) is 4.99 Å². The van der Waals surface area contributed by atoms with Crippen molar-refractivity contribution in [1.29, 1.82) is 0 Å². The first kappa shape index (κ1) is 19.6. The highest BCUT2D eigenvalue weighted by atomic mass is 35.5. The van der Waals surface area contributed by atoms with Crippen LogP contribution < -0.4 is 10.6 Å². The maximum Gasteiger partial charge on any atom is 0.223 e. The SMILES string of the molecule is CN=C(NCCCc1ccc(Cl)cc1Cl)NCCC(=O)N(C)C. The standard InChI is InChI=1S/C16H24Cl2N4O/c1-19-16(21-10-8-15(23)22(2)3)20-9-4-5-12-6-7-13(17)11-14(12)18/h6-7,11H,4-5,8-10H2,1-3H3,(H2,19,20,21). The smallest absolute Gasteiger partial charge is 0.223 e. The minimum Gasteiger partial charge on any atom is -0.356 e. The molecule has 1 aromatic rings. The molecule has 128 valence electrons. The molecule has 2 N–H and O–H groups in total. The van der Waals surface area contributed by atoms with Crippen LogP contribution in [0.2, 0.25) is 10.0 Å². The molecule has 0 aliphatic heterocycles. The number of nitrogens with zero attached hydrogens (tertiary/aromatic N) is 2. The lowest BCUT2D eigenvalue weighted by Gasteiger charge is -2.13. The van der Waals surface area contributed by atoms with Crippen LogP contribution in [0.4, 0.5) is 0 Å². The third-order valence-electron chi connectivity index (χ3n) is 3.28. The number of nitrogens with one attached hydrogen (secondary N) is 2. The normalized spacial score (nSPS) is 11.3. The van der Waals surface area contributed by atoms with E-state index >= 15 is 0 Å². The average molecular weight is 359 g/mol. The van der Waals surface area contributed by atoms with Crippen molar-refractivity contribution in [2.75, 3.05) is 34.2 Å². The third-order valence-corrected chi connectivity index (χ3v) is 3.87. The van der Waals surface area contributed by atoms with Crippen LogP contribution in [0.15, 0.2) is 23.2 Å². The molecule has 0 atom stereocenters. The zero-order chi connectivity index (χ0) is 17.2. The monoisotopic (exact) mass is 358 g/mol. The Morgan fingerprint density at radius 1 is 1.22 bits per heavy atom.